The molecule has 1 aromatic rings. The number of hydrogen-bond acceptors (Lipinski definition) is 4. The van der Waals surface area contributed by atoms with Crippen LogP contribution >= 0.6 is 0 Å². The average molecular weight is 390 g/mol. The minimum absolute atomic E-state index is 0.0296. The maximum Gasteiger partial charge on any atom is 0.573 e. The lowest BCUT2D eigenvalue weighted by atomic mass is 10.0. The first-order valence-electron chi connectivity index (χ1n) is 8.52. The number of ether oxygens (including phenoxy) is 1. The summed E-state index contributed by atoms with van der Waals surface area (Å²) >= 11 is 0. The fourth-order valence-corrected chi connectivity index (χ4v) is 4.76. The molecule has 1 saturated heterocycles. The molecule has 1 fully saturated rings. The van der Waals surface area contributed by atoms with Gasteiger partial charge in [-0.1, -0.05) is 12.2 Å². The number of alkyl halides is 3. The summed E-state index contributed by atoms with van der Waals surface area (Å²) in [5.74, 6) is -0.439. The highest BCUT2D eigenvalue weighted by Crippen LogP contribution is 2.26. The molecule has 1 aromatic carbocycles. The molecule has 0 aromatic heterocycles. The van der Waals surface area contributed by atoms with Crippen molar-refractivity contribution in [3.63, 3.8) is 0 Å². The molecule has 0 N–H and O–H groups in total. The summed E-state index contributed by atoms with van der Waals surface area (Å²) in [4.78, 5) is 2.25. The van der Waals surface area contributed by atoms with Crippen molar-refractivity contribution in [2.45, 2.75) is 36.6 Å². The van der Waals surface area contributed by atoms with Gasteiger partial charge in [0.2, 0.25) is 10.0 Å². The van der Waals surface area contributed by atoms with Crippen LogP contribution in [-0.2, 0) is 10.0 Å². The molecule has 144 valence electrons. The van der Waals surface area contributed by atoms with Gasteiger partial charge in [0, 0.05) is 32.2 Å². The molecule has 0 spiro atoms. The van der Waals surface area contributed by atoms with Crippen LogP contribution < -0.4 is 4.74 Å². The number of benzene rings is 1. The van der Waals surface area contributed by atoms with Crippen LogP contribution in [0.1, 0.15) is 19.3 Å². The summed E-state index contributed by atoms with van der Waals surface area (Å²) in [6.45, 7) is 2.02. The Hall–Kier alpha value is -1.58. The molecule has 1 aliphatic carbocycles. The molecule has 0 radical (unpaired) electrons. The van der Waals surface area contributed by atoms with Crippen LogP contribution in [0.5, 0.6) is 5.75 Å². The van der Waals surface area contributed by atoms with Crippen molar-refractivity contribution in [3.05, 3.63) is 36.4 Å². The molecule has 0 bridgehead atoms. The Bertz CT molecular complexity index is 740. The van der Waals surface area contributed by atoms with E-state index in [0.717, 1.165) is 43.5 Å². The summed E-state index contributed by atoms with van der Waals surface area (Å²) in [7, 11) is -3.72. The Morgan fingerprint density at radius 3 is 2.23 bits per heavy atom. The standard InChI is InChI=1S/C17H21F3N2O3S/c18-17(19,20)25-15-6-8-16(9-7-15)26(23,24)22-12-10-21(11-13-22)14-4-2-1-3-5-14/h2,4,6-9,14H,1,3,5,10-13H2. The van der Waals surface area contributed by atoms with E-state index in [-0.39, 0.29) is 4.90 Å². The molecule has 1 atom stereocenters. The van der Waals surface area contributed by atoms with Crippen LogP contribution in [0.2, 0.25) is 0 Å². The SMILES string of the molecule is O=S(=O)(c1ccc(OC(F)(F)F)cc1)N1CCN(C2C=CCCC2)CC1. The van der Waals surface area contributed by atoms with Crippen molar-refractivity contribution in [1.29, 1.82) is 0 Å². The molecule has 5 nitrogen and oxygen atoms in total. The molecule has 0 amide bonds. The van der Waals surface area contributed by atoms with E-state index in [4.69, 9.17) is 0 Å². The highest BCUT2D eigenvalue weighted by molar-refractivity contribution is 7.89. The Morgan fingerprint density at radius 1 is 1.04 bits per heavy atom. The summed E-state index contributed by atoms with van der Waals surface area (Å²) in [6.07, 6.45) is 2.88. The van der Waals surface area contributed by atoms with E-state index in [1.807, 2.05) is 0 Å². The van der Waals surface area contributed by atoms with E-state index < -0.39 is 22.1 Å². The van der Waals surface area contributed by atoms with E-state index in [0.29, 0.717) is 32.2 Å². The minimum Gasteiger partial charge on any atom is -0.406 e. The Morgan fingerprint density at radius 2 is 1.69 bits per heavy atom. The number of halogens is 3. The molecule has 3 rings (SSSR count). The third kappa shape index (κ3) is 4.57. The quantitative estimate of drug-likeness (QED) is 0.742. The summed E-state index contributed by atoms with van der Waals surface area (Å²) < 4.78 is 67.1. The molecule has 9 heteroatoms. The highest BCUT2D eigenvalue weighted by atomic mass is 32.2. The number of nitrogens with zero attached hydrogens (tertiary/aromatic N) is 2. The van der Waals surface area contributed by atoms with Crippen LogP contribution in [0.25, 0.3) is 0 Å². The Balaban J connectivity index is 1.63. The van der Waals surface area contributed by atoms with Gasteiger partial charge < -0.3 is 4.74 Å². The monoisotopic (exact) mass is 390 g/mol. The second-order valence-electron chi connectivity index (χ2n) is 6.39. The van der Waals surface area contributed by atoms with Crippen LogP contribution in [-0.4, -0.2) is 56.2 Å². The van der Waals surface area contributed by atoms with Crippen LogP contribution in [0.4, 0.5) is 13.2 Å². The second-order valence-corrected chi connectivity index (χ2v) is 8.32. The first kappa shape index (κ1) is 19.2. The van der Waals surface area contributed by atoms with Gasteiger partial charge in [-0.15, -0.1) is 13.2 Å². The molecular weight excluding hydrogens is 369 g/mol. The molecule has 1 heterocycles. The van der Waals surface area contributed by atoms with Crippen molar-refractivity contribution in [2.24, 2.45) is 0 Å². The highest BCUT2D eigenvalue weighted by Gasteiger charge is 2.32. The topological polar surface area (TPSA) is 49.9 Å². The summed E-state index contributed by atoms with van der Waals surface area (Å²) in [6, 6.07) is 4.69. The van der Waals surface area contributed by atoms with Crippen LogP contribution in [0.15, 0.2) is 41.3 Å². The van der Waals surface area contributed by atoms with Gasteiger partial charge in [-0.05, 0) is 43.5 Å². The zero-order valence-corrected chi connectivity index (χ0v) is 15.0. The van der Waals surface area contributed by atoms with Crippen molar-refractivity contribution < 1.29 is 26.3 Å². The van der Waals surface area contributed by atoms with Gasteiger partial charge in [0.05, 0.1) is 4.90 Å². The van der Waals surface area contributed by atoms with Gasteiger partial charge in [0.1, 0.15) is 5.75 Å². The van der Waals surface area contributed by atoms with Gasteiger partial charge >= 0.3 is 6.36 Å². The molecule has 1 unspecified atom stereocenters. The lowest BCUT2D eigenvalue weighted by Crippen LogP contribution is -2.51. The third-order valence-corrected chi connectivity index (χ3v) is 6.58. The summed E-state index contributed by atoms with van der Waals surface area (Å²) in [5, 5.41) is 0. The minimum atomic E-state index is -4.80. The average Bonchev–Trinajstić information content (AvgIpc) is 2.62. The molecule has 0 saturated carbocycles. The fourth-order valence-electron chi connectivity index (χ4n) is 3.34. The van der Waals surface area contributed by atoms with Gasteiger partial charge in [-0.3, -0.25) is 4.90 Å². The smallest absolute Gasteiger partial charge is 0.406 e. The molecule has 26 heavy (non-hydrogen) atoms. The number of sulfonamides is 1. The van der Waals surface area contributed by atoms with Crippen LogP contribution in [0.3, 0.4) is 0 Å². The van der Waals surface area contributed by atoms with Gasteiger partial charge in [0.15, 0.2) is 0 Å². The molecule has 1 aliphatic heterocycles. The van der Waals surface area contributed by atoms with E-state index >= 15 is 0 Å². The fraction of sp³-hybridized carbons (Fsp3) is 0.529. The largest absolute Gasteiger partial charge is 0.573 e. The van der Waals surface area contributed by atoms with Gasteiger partial charge in [-0.25, -0.2) is 8.42 Å². The lowest BCUT2D eigenvalue weighted by Gasteiger charge is -2.38. The van der Waals surface area contributed by atoms with Gasteiger partial charge in [0.25, 0.3) is 0 Å². The van der Waals surface area contributed by atoms with E-state index in [1.54, 1.807) is 0 Å². The van der Waals surface area contributed by atoms with Gasteiger partial charge in [-0.2, -0.15) is 4.31 Å². The normalized spacial score (nSPS) is 23.1. The predicted octanol–water partition coefficient (Wildman–Crippen LogP) is 3.00. The number of hydrogen-bond donors (Lipinski definition) is 0. The van der Waals surface area contributed by atoms with Crippen molar-refractivity contribution in [1.82, 2.24) is 9.21 Å². The second kappa shape index (κ2) is 7.58. The maximum atomic E-state index is 12.7. The van der Waals surface area contributed by atoms with Crippen molar-refractivity contribution in [2.75, 3.05) is 26.2 Å². The zero-order chi connectivity index (χ0) is 18.8. The van der Waals surface area contributed by atoms with Crippen molar-refractivity contribution >= 4 is 10.0 Å². The first-order valence-corrected chi connectivity index (χ1v) is 9.96. The summed E-state index contributed by atoms with van der Waals surface area (Å²) in [5.41, 5.74) is 0. The van der Waals surface area contributed by atoms with E-state index in [2.05, 4.69) is 21.8 Å². The zero-order valence-electron chi connectivity index (χ0n) is 14.2. The van der Waals surface area contributed by atoms with E-state index in [9.17, 15) is 21.6 Å². The number of allylic oxidation sites excluding steroid dienone is 1. The lowest BCUT2D eigenvalue weighted by molar-refractivity contribution is -0.274. The molecular formula is C17H21F3N2O3S. The Kier molecular flexibility index (Phi) is 5.59. The third-order valence-electron chi connectivity index (χ3n) is 4.67. The number of rotatable bonds is 4. The van der Waals surface area contributed by atoms with Crippen molar-refractivity contribution in [3.8, 4) is 5.75 Å². The van der Waals surface area contributed by atoms with E-state index in [1.165, 1.54) is 4.31 Å². The predicted molar refractivity (Wildman–Crippen MR) is 90.2 cm³/mol. The van der Waals surface area contributed by atoms with Crippen LogP contribution in [0, 0.1) is 0 Å². The molecule has 2 aliphatic rings. The Labute approximate surface area is 151 Å². The maximum absolute atomic E-state index is 12.7. The number of piperazine rings is 1. The first-order chi connectivity index (χ1) is 12.3.